The Hall–Kier alpha value is -3.36. The van der Waals surface area contributed by atoms with Crippen LogP contribution in [0, 0.1) is 11.3 Å². The van der Waals surface area contributed by atoms with Gasteiger partial charge in [0.2, 0.25) is 0 Å². The van der Waals surface area contributed by atoms with Crippen LogP contribution >= 0.6 is 0 Å². The standard InChI is InChI=1S/C24H20N2O3/c1-28-20-14-26-15-21-22(20)23(27)12-11-19(17-5-3-2-4-6-17)24(23,29-21)18-9-7-16(13-25)8-10-18/h2-10,14-15,19,27H,11-12H2,1H3/t19?,23-,24+/m1/s1. The van der Waals surface area contributed by atoms with E-state index < -0.39 is 11.2 Å². The first-order chi connectivity index (χ1) is 14.1. The highest BCUT2D eigenvalue weighted by Gasteiger charge is 2.69. The minimum absolute atomic E-state index is 0.0706. The van der Waals surface area contributed by atoms with E-state index in [1.165, 1.54) is 0 Å². The Kier molecular flexibility index (Phi) is 3.87. The van der Waals surface area contributed by atoms with Gasteiger partial charge in [0.25, 0.3) is 0 Å². The fraction of sp³-hybridized carbons (Fsp3) is 0.250. The average Bonchev–Trinajstić information content (AvgIpc) is 3.21. The first-order valence-corrected chi connectivity index (χ1v) is 9.63. The molecular formula is C24H20N2O3. The van der Waals surface area contributed by atoms with Crippen molar-refractivity contribution in [2.45, 2.75) is 30.0 Å². The van der Waals surface area contributed by atoms with Crippen molar-refractivity contribution in [2.24, 2.45) is 0 Å². The molecular weight excluding hydrogens is 364 g/mol. The molecule has 3 atom stereocenters. The van der Waals surface area contributed by atoms with Crippen LogP contribution in [0.3, 0.4) is 0 Å². The van der Waals surface area contributed by atoms with Crippen molar-refractivity contribution in [2.75, 3.05) is 7.11 Å². The van der Waals surface area contributed by atoms with E-state index in [1.807, 2.05) is 30.3 Å². The minimum Gasteiger partial charge on any atom is -0.495 e. The molecule has 1 aromatic heterocycles. The second kappa shape index (κ2) is 6.33. The van der Waals surface area contributed by atoms with Crippen LogP contribution in [0.1, 0.15) is 41.0 Å². The van der Waals surface area contributed by atoms with Gasteiger partial charge in [0.15, 0.2) is 5.60 Å². The van der Waals surface area contributed by atoms with E-state index in [-0.39, 0.29) is 5.92 Å². The summed E-state index contributed by atoms with van der Waals surface area (Å²) in [6, 6.07) is 19.6. The molecule has 1 saturated carbocycles. The van der Waals surface area contributed by atoms with Crippen molar-refractivity contribution in [1.82, 2.24) is 4.98 Å². The van der Waals surface area contributed by atoms with Gasteiger partial charge in [-0.25, -0.2) is 0 Å². The second-order valence-corrected chi connectivity index (χ2v) is 7.60. The summed E-state index contributed by atoms with van der Waals surface area (Å²) in [7, 11) is 1.58. The van der Waals surface area contributed by atoms with Gasteiger partial charge in [-0.2, -0.15) is 5.26 Å². The molecule has 2 aromatic carbocycles. The number of hydrogen-bond acceptors (Lipinski definition) is 5. The molecule has 3 aromatic rings. The van der Waals surface area contributed by atoms with Gasteiger partial charge in [0.1, 0.15) is 17.1 Å². The average molecular weight is 384 g/mol. The molecule has 1 aliphatic carbocycles. The third kappa shape index (κ3) is 2.27. The van der Waals surface area contributed by atoms with Crippen LogP contribution in [0.4, 0.5) is 0 Å². The number of nitriles is 1. The van der Waals surface area contributed by atoms with Crippen LogP contribution in [-0.2, 0) is 11.2 Å². The largest absolute Gasteiger partial charge is 0.495 e. The maximum atomic E-state index is 12.2. The van der Waals surface area contributed by atoms with Crippen LogP contribution in [0.25, 0.3) is 0 Å². The second-order valence-electron chi connectivity index (χ2n) is 7.60. The normalized spacial score (nSPS) is 26.9. The third-order valence-electron chi connectivity index (χ3n) is 6.33. The molecule has 1 N–H and O–H groups in total. The molecule has 0 spiro atoms. The van der Waals surface area contributed by atoms with E-state index >= 15 is 0 Å². The first kappa shape index (κ1) is 17.7. The maximum Gasteiger partial charge on any atom is 0.174 e. The summed E-state index contributed by atoms with van der Waals surface area (Å²) in [5.41, 5.74) is 0.860. The zero-order chi connectivity index (χ0) is 20.1. The Morgan fingerprint density at radius 2 is 1.90 bits per heavy atom. The molecule has 1 aliphatic heterocycles. The third-order valence-corrected chi connectivity index (χ3v) is 6.33. The Bertz CT molecular complexity index is 1110. The number of ether oxygens (including phenoxy) is 2. The van der Waals surface area contributed by atoms with Gasteiger partial charge >= 0.3 is 0 Å². The fourth-order valence-electron chi connectivity index (χ4n) is 5.11. The van der Waals surface area contributed by atoms with E-state index in [9.17, 15) is 10.4 Å². The topological polar surface area (TPSA) is 75.4 Å². The van der Waals surface area contributed by atoms with Crippen molar-refractivity contribution in [3.63, 3.8) is 0 Å². The summed E-state index contributed by atoms with van der Waals surface area (Å²) in [6.45, 7) is 0. The summed E-state index contributed by atoms with van der Waals surface area (Å²) in [4.78, 5) is 4.23. The van der Waals surface area contributed by atoms with E-state index in [2.05, 4.69) is 23.2 Å². The van der Waals surface area contributed by atoms with Crippen LogP contribution in [0.2, 0.25) is 0 Å². The Labute approximate surface area is 169 Å². The van der Waals surface area contributed by atoms with Gasteiger partial charge in [-0.15, -0.1) is 0 Å². The lowest BCUT2D eigenvalue weighted by atomic mass is 9.71. The van der Waals surface area contributed by atoms with E-state index in [0.29, 0.717) is 29.0 Å². The first-order valence-electron chi connectivity index (χ1n) is 9.63. The molecule has 5 heteroatoms. The van der Waals surface area contributed by atoms with Gasteiger partial charge < -0.3 is 14.6 Å². The van der Waals surface area contributed by atoms with Crippen molar-refractivity contribution in [3.05, 3.63) is 89.2 Å². The molecule has 29 heavy (non-hydrogen) atoms. The molecule has 0 amide bonds. The summed E-state index contributed by atoms with van der Waals surface area (Å²) < 4.78 is 12.2. The Balaban J connectivity index is 1.77. The quantitative estimate of drug-likeness (QED) is 0.738. The zero-order valence-corrected chi connectivity index (χ0v) is 16.0. The van der Waals surface area contributed by atoms with Crippen LogP contribution < -0.4 is 9.47 Å². The lowest BCUT2D eigenvalue weighted by Gasteiger charge is -2.40. The number of aliphatic hydroxyl groups is 1. The van der Waals surface area contributed by atoms with Gasteiger partial charge in [0.05, 0.1) is 36.7 Å². The van der Waals surface area contributed by atoms with Gasteiger partial charge in [0, 0.05) is 5.92 Å². The van der Waals surface area contributed by atoms with E-state index in [0.717, 1.165) is 17.5 Å². The summed E-state index contributed by atoms with van der Waals surface area (Å²) in [5, 5.41) is 21.4. The molecule has 5 nitrogen and oxygen atoms in total. The van der Waals surface area contributed by atoms with Gasteiger partial charge in [-0.1, -0.05) is 42.5 Å². The molecule has 1 fully saturated rings. The highest BCUT2D eigenvalue weighted by Crippen LogP contribution is 2.67. The monoisotopic (exact) mass is 384 g/mol. The van der Waals surface area contributed by atoms with Crippen molar-refractivity contribution in [1.29, 1.82) is 5.26 Å². The summed E-state index contributed by atoms with van der Waals surface area (Å²) in [6.07, 6.45) is 4.54. The van der Waals surface area contributed by atoms with Crippen LogP contribution in [0.15, 0.2) is 67.0 Å². The number of rotatable bonds is 3. The Morgan fingerprint density at radius 1 is 1.14 bits per heavy atom. The number of aromatic nitrogens is 1. The highest BCUT2D eigenvalue weighted by molar-refractivity contribution is 5.57. The summed E-state index contributed by atoms with van der Waals surface area (Å²) in [5.74, 6) is 0.991. The smallest absolute Gasteiger partial charge is 0.174 e. The predicted molar refractivity (Wildman–Crippen MR) is 107 cm³/mol. The van der Waals surface area contributed by atoms with E-state index in [4.69, 9.17) is 9.47 Å². The molecule has 5 rings (SSSR count). The Morgan fingerprint density at radius 3 is 2.59 bits per heavy atom. The molecule has 1 unspecified atom stereocenters. The minimum atomic E-state index is -1.27. The number of fused-ring (bicyclic) bond motifs is 3. The van der Waals surface area contributed by atoms with Crippen molar-refractivity contribution < 1.29 is 14.6 Å². The lowest BCUT2D eigenvalue weighted by molar-refractivity contribution is -0.106. The molecule has 144 valence electrons. The van der Waals surface area contributed by atoms with E-state index in [1.54, 1.807) is 31.6 Å². The number of pyridine rings is 1. The molecule has 0 radical (unpaired) electrons. The lowest BCUT2D eigenvalue weighted by Crippen LogP contribution is -2.48. The molecule has 2 heterocycles. The number of benzene rings is 2. The zero-order valence-electron chi connectivity index (χ0n) is 16.0. The summed E-state index contributed by atoms with van der Waals surface area (Å²) >= 11 is 0. The predicted octanol–water partition coefficient (Wildman–Crippen LogP) is 4.01. The SMILES string of the molecule is COc1cncc2c1[C@]1(O)CCC(c3ccccc3)[C@]1(c1ccc(C#N)cc1)O2. The number of hydrogen-bond donors (Lipinski definition) is 1. The van der Waals surface area contributed by atoms with Crippen molar-refractivity contribution >= 4 is 0 Å². The number of methoxy groups -OCH3 is 1. The van der Waals surface area contributed by atoms with Gasteiger partial charge in [-0.05, 0) is 36.1 Å². The highest BCUT2D eigenvalue weighted by atomic mass is 16.5. The van der Waals surface area contributed by atoms with Crippen molar-refractivity contribution in [3.8, 4) is 17.6 Å². The fourth-order valence-corrected chi connectivity index (χ4v) is 5.11. The van der Waals surface area contributed by atoms with Crippen LogP contribution in [0.5, 0.6) is 11.5 Å². The van der Waals surface area contributed by atoms with Crippen LogP contribution in [-0.4, -0.2) is 17.2 Å². The molecule has 0 saturated heterocycles. The molecule has 0 bridgehead atoms. The maximum absolute atomic E-state index is 12.2. The molecule has 2 aliphatic rings. The van der Waals surface area contributed by atoms with Gasteiger partial charge in [-0.3, -0.25) is 4.98 Å². The number of nitrogens with zero attached hydrogens (tertiary/aromatic N) is 2.